The molecule has 1 aliphatic heterocycles. The summed E-state index contributed by atoms with van der Waals surface area (Å²) >= 11 is 0. The maximum Gasteiger partial charge on any atom is 0.410 e. The van der Waals surface area contributed by atoms with E-state index in [4.69, 9.17) is 10.5 Å². The fourth-order valence-corrected chi connectivity index (χ4v) is 2.83. The lowest BCUT2D eigenvalue weighted by atomic mass is 10.1. The highest BCUT2D eigenvalue weighted by Gasteiger charge is 2.28. The van der Waals surface area contributed by atoms with Gasteiger partial charge in [0.1, 0.15) is 5.60 Å². The van der Waals surface area contributed by atoms with Crippen molar-refractivity contribution in [1.82, 2.24) is 19.8 Å². The van der Waals surface area contributed by atoms with Gasteiger partial charge in [-0.15, -0.1) is 0 Å². The zero-order valence-corrected chi connectivity index (χ0v) is 16.9. The molecule has 3 N–H and O–H groups in total. The number of amides is 2. The smallest absolute Gasteiger partial charge is 0.410 e. The van der Waals surface area contributed by atoms with Crippen molar-refractivity contribution in [3.63, 3.8) is 0 Å². The molecule has 2 amide bonds. The molecule has 0 bridgehead atoms. The Labute approximate surface area is 169 Å². The van der Waals surface area contributed by atoms with Crippen LogP contribution in [-0.4, -0.2) is 63.5 Å². The number of nitrogens with one attached hydrogen (secondary N) is 1. The Morgan fingerprint density at radius 3 is 2.10 bits per heavy atom. The van der Waals surface area contributed by atoms with Crippen LogP contribution in [-0.2, 0) is 4.74 Å². The topological polar surface area (TPSA) is 114 Å². The van der Waals surface area contributed by atoms with Crippen LogP contribution < -0.4 is 11.1 Å². The molecule has 1 saturated heterocycles. The maximum absolute atomic E-state index is 12.7. The molecule has 1 aromatic heterocycles. The molecule has 1 fully saturated rings. The molecule has 3 rings (SSSR count). The lowest BCUT2D eigenvalue weighted by Gasteiger charge is -2.35. The summed E-state index contributed by atoms with van der Waals surface area (Å²) in [6.45, 7) is 7.35. The third kappa shape index (κ3) is 5.56. The first-order chi connectivity index (χ1) is 13.7. The van der Waals surface area contributed by atoms with E-state index < -0.39 is 5.60 Å². The summed E-state index contributed by atoms with van der Waals surface area (Å²) in [6, 6.07) is 7.10. The lowest BCUT2D eigenvalue weighted by molar-refractivity contribution is 0.0141. The van der Waals surface area contributed by atoms with Gasteiger partial charge in [-0.25, -0.2) is 14.8 Å². The predicted octanol–water partition coefficient (Wildman–Crippen LogP) is 2.50. The number of nitrogens with two attached hydrogens (primary N) is 1. The molecule has 2 heterocycles. The van der Waals surface area contributed by atoms with Gasteiger partial charge < -0.3 is 25.6 Å². The van der Waals surface area contributed by atoms with Crippen molar-refractivity contribution >= 4 is 29.3 Å². The molecule has 1 aliphatic rings. The monoisotopic (exact) mass is 398 g/mol. The highest BCUT2D eigenvalue weighted by atomic mass is 16.6. The Kier molecular flexibility index (Phi) is 5.86. The second kappa shape index (κ2) is 8.34. The summed E-state index contributed by atoms with van der Waals surface area (Å²) < 4.78 is 5.39. The number of rotatable bonds is 3. The van der Waals surface area contributed by atoms with Crippen LogP contribution in [0, 0.1) is 0 Å². The van der Waals surface area contributed by atoms with Crippen LogP contribution >= 0.6 is 0 Å². The number of ether oxygens (including phenoxy) is 1. The summed E-state index contributed by atoms with van der Waals surface area (Å²) in [7, 11) is 0. The molecule has 0 radical (unpaired) electrons. The highest BCUT2D eigenvalue weighted by Crippen LogP contribution is 2.17. The molecule has 0 unspecified atom stereocenters. The third-order valence-corrected chi connectivity index (χ3v) is 4.28. The molecule has 1 aromatic carbocycles. The maximum atomic E-state index is 12.7. The quantitative estimate of drug-likeness (QED) is 0.816. The SMILES string of the molecule is CC(C)(C)OC(=O)N1CCN(C(=O)c2ccc(Nc3ncc(N)cn3)cc2)CC1. The minimum atomic E-state index is -0.531. The molecule has 0 aliphatic carbocycles. The third-order valence-electron chi connectivity index (χ3n) is 4.28. The molecule has 154 valence electrons. The number of anilines is 3. The van der Waals surface area contributed by atoms with E-state index in [9.17, 15) is 9.59 Å². The van der Waals surface area contributed by atoms with Crippen molar-refractivity contribution < 1.29 is 14.3 Å². The van der Waals surface area contributed by atoms with Crippen molar-refractivity contribution in [2.24, 2.45) is 0 Å². The molecular formula is C20H26N6O3. The molecule has 0 spiro atoms. The van der Waals surface area contributed by atoms with E-state index in [-0.39, 0.29) is 12.0 Å². The van der Waals surface area contributed by atoms with Gasteiger partial charge in [0, 0.05) is 37.4 Å². The Balaban J connectivity index is 1.54. The average molecular weight is 398 g/mol. The Morgan fingerprint density at radius 2 is 1.55 bits per heavy atom. The van der Waals surface area contributed by atoms with Gasteiger partial charge >= 0.3 is 6.09 Å². The first-order valence-corrected chi connectivity index (χ1v) is 9.43. The molecule has 0 atom stereocenters. The average Bonchev–Trinajstić information content (AvgIpc) is 2.69. The summed E-state index contributed by atoms with van der Waals surface area (Å²) in [5.74, 6) is 0.362. The second-order valence-electron chi connectivity index (χ2n) is 7.80. The first kappa shape index (κ1) is 20.4. The number of carbonyl (C=O) groups is 2. The van der Waals surface area contributed by atoms with Gasteiger partial charge in [0.25, 0.3) is 5.91 Å². The molecular weight excluding hydrogens is 372 g/mol. The van der Waals surface area contributed by atoms with Crippen LogP contribution in [0.4, 0.5) is 22.1 Å². The number of piperazine rings is 1. The van der Waals surface area contributed by atoms with Gasteiger partial charge in [-0.1, -0.05) is 0 Å². The number of hydrogen-bond acceptors (Lipinski definition) is 7. The minimum Gasteiger partial charge on any atom is -0.444 e. The van der Waals surface area contributed by atoms with Crippen LogP contribution in [0.1, 0.15) is 31.1 Å². The number of aromatic nitrogens is 2. The van der Waals surface area contributed by atoms with Crippen LogP contribution in [0.25, 0.3) is 0 Å². The van der Waals surface area contributed by atoms with Crippen molar-refractivity contribution in [1.29, 1.82) is 0 Å². The van der Waals surface area contributed by atoms with E-state index in [0.29, 0.717) is 43.4 Å². The van der Waals surface area contributed by atoms with E-state index in [0.717, 1.165) is 5.69 Å². The number of nitrogens with zero attached hydrogens (tertiary/aromatic N) is 4. The van der Waals surface area contributed by atoms with Crippen LogP contribution in [0.5, 0.6) is 0 Å². The molecule has 29 heavy (non-hydrogen) atoms. The summed E-state index contributed by atoms with van der Waals surface area (Å²) in [5.41, 5.74) is 6.88. The fourth-order valence-electron chi connectivity index (χ4n) is 2.83. The Hall–Kier alpha value is -3.36. The molecule has 2 aromatic rings. The normalized spacial score (nSPS) is 14.4. The van der Waals surface area contributed by atoms with Gasteiger partial charge in [0.15, 0.2) is 0 Å². The molecule has 9 nitrogen and oxygen atoms in total. The van der Waals surface area contributed by atoms with Crippen molar-refractivity contribution in [2.45, 2.75) is 26.4 Å². The van der Waals surface area contributed by atoms with Gasteiger partial charge in [0.05, 0.1) is 18.1 Å². The van der Waals surface area contributed by atoms with E-state index in [2.05, 4.69) is 15.3 Å². The van der Waals surface area contributed by atoms with Crippen LogP contribution in [0.2, 0.25) is 0 Å². The number of nitrogen functional groups attached to an aromatic ring is 1. The minimum absolute atomic E-state index is 0.0656. The zero-order valence-electron chi connectivity index (χ0n) is 16.9. The largest absolute Gasteiger partial charge is 0.444 e. The zero-order chi connectivity index (χ0) is 21.0. The number of carbonyl (C=O) groups excluding carboxylic acids is 2. The summed E-state index contributed by atoms with van der Waals surface area (Å²) in [5, 5.41) is 3.05. The van der Waals surface area contributed by atoms with Crippen molar-refractivity contribution in [3.8, 4) is 0 Å². The van der Waals surface area contributed by atoms with Gasteiger partial charge in [-0.3, -0.25) is 4.79 Å². The van der Waals surface area contributed by atoms with E-state index in [1.807, 2.05) is 20.8 Å². The van der Waals surface area contributed by atoms with E-state index >= 15 is 0 Å². The first-order valence-electron chi connectivity index (χ1n) is 9.43. The summed E-state index contributed by atoms with van der Waals surface area (Å²) in [6.07, 6.45) is 2.69. The fraction of sp³-hybridized carbons (Fsp3) is 0.400. The van der Waals surface area contributed by atoms with Crippen LogP contribution in [0.15, 0.2) is 36.7 Å². The number of hydrogen-bond donors (Lipinski definition) is 2. The van der Waals surface area contributed by atoms with E-state index in [1.54, 1.807) is 34.1 Å². The number of benzene rings is 1. The van der Waals surface area contributed by atoms with Gasteiger partial charge in [-0.2, -0.15) is 0 Å². The predicted molar refractivity (Wildman–Crippen MR) is 110 cm³/mol. The van der Waals surface area contributed by atoms with Crippen LogP contribution in [0.3, 0.4) is 0 Å². The standard InChI is InChI=1S/C20H26N6O3/c1-20(2,3)29-19(28)26-10-8-25(9-11-26)17(27)14-4-6-16(7-5-14)24-18-22-12-15(21)13-23-18/h4-7,12-13H,8-11,21H2,1-3H3,(H,22,23,24). The Bertz CT molecular complexity index is 853. The molecule has 9 heteroatoms. The van der Waals surface area contributed by atoms with Gasteiger partial charge in [-0.05, 0) is 45.0 Å². The van der Waals surface area contributed by atoms with Crippen molar-refractivity contribution in [2.75, 3.05) is 37.2 Å². The lowest BCUT2D eigenvalue weighted by Crippen LogP contribution is -2.51. The Morgan fingerprint density at radius 1 is 1.00 bits per heavy atom. The van der Waals surface area contributed by atoms with Crippen molar-refractivity contribution in [3.05, 3.63) is 42.2 Å². The molecule has 0 saturated carbocycles. The second-order valence-corrected chi connectivity index (χ2v) is 7.80. The van der Waals surface area contributed by atoms with Gasteiger partial charge in [0.2, 0.25) is 5.95 Å². The highest BCUT2D eigenvalue weighted by molar-refractivity contribution is 5.94. The summed E-state index contributed by atoms with van der Waals surface area (Å²) in [4.78, 5) is 36.4. The van der Waals surface area contributed by atoms with E-state index in [1.165, 1.54) is 12.4 Å².